The lowest BCUT2D eigenvalue weighted by molar-refractivity contribution is -0.109. The number of hydrogen-bond donors (Lipinski definition) is 2. The molecule has 0 bridgehead atoms. The number of rotatable bonds is 5. The van der Waals surface area contributed by atoms with Gasteiger partial charge in [0, 0.05) is 0 Å². The van der Waals surface area contributed by atoms with Gasteiger partial charge >= 0.3 is 0 Å². The van der Waals surface area contributed by atoms with Crippen molar-refractivity contribution in [3.05, 3.63) is 0 Å². The minimum Gasteiger partial charge on any atom is -0.330 e. The Labute approximate surface area is 55.4 Å². The lowest BCUT2D eigenvalue weighted by atomic mass is 10.1. The highest BCUT2D eigenvalue weighted by molar-refractivity contribution is 5.56. The molecule has 0 rings (SSSR count). The summed E-state index contributed by atoms with van der Waals surface area (Å²) >= 11 is 0. The Hall–Kier alpha value is -0.410. The maximum Gasteiger partial charge on any atom is 0.136 e. The Bertz CT molecular complexity index is 75.5. The first-order valence-corrected chi connectivity index (χ1v) is 3.22. The first-order chi connectivity index (χ1) is 4.31. The standard InChI is InChI=1S/C6H14N2O/c7-4-2-1-3-6(8)5-9/h5-6H,1-4,7-8H2. The van der Waals surface area contributed by atoms with E-state index in [1.54, 1.807) is 0 Å². The summed E-state index contributed by atoms with van der Waals surface area (Å²) in [5.41, 5.74) is 10.5. The summed E-state index contributed by atoms with van der Waals surface area (Å²) in [4.78, 5) is 9.94. The van der Waals surface area contributed by atoms with Crippen LogP contribution in [0.1, 0.15) is 19.3 Å². The molecule has 0 saturated carbocycles. The van der Waals surface area contributed by atoms with Crippen LogP contribution in [0.15, 0.2) is 0 Å². The maximum atomic E-state index is 9.94. The van der Waals surface area contributed by atoms with Gasteiger partial charge in [-0.1, -0.05) is 6.42 Å². The van der Waals surface area contributed by atoms with E-state index in [1.165, 1.54) is 0 Å². The van der Waals surface area contributed by atoms with Crippen molar-refractivity contribution in [3.8, 4) is 0 Å². The molecule has 4 N–H and O–H groups in total. The minimum atomic E-state index is -0.281. The van der Waals surface area contributed by atoms with Gasteiger partial charge in [0.25, 0.3) is 0 Å². The topological polar surface area (TPSA) is 69.1 Å². The summed E-state index contributed by atoms with van der Waals surface area (Å²) in [6.07, 6.45) is 3.45. The molecule has 3 heteroatoms. The molecular formula is C6H14N2O. The van der Waals surface area contributed by atoms with Gasteiger partial charge < -0.3 is 16.3 Å². The molecule has 0 saturated heterocycles. The number of unbranched alkanes of at least 4 members (excludes halogenated alkanes) is 1. The minimum absolute atomic E-state index is 0.281. The molecule has 0 aromatic heterocycles. The van der Waals surface area contributed by atoms with Crippen molar-refractivity contribution >= 4 is 6.29 Å². The summed E-state index contributed by atoms with van der Waals surface area (Å²) in [6.45, 7) is 0.686. The van der Waals surface area contributed by atoms with Gasteiger partial charge in [-0.2, -0.15) is 0 Å². The molecule has 9 heavy (non-hydrogen) atoms. The van der Waals surface area contributed by atoms with E-state index in [1.807, 2.05) is 0 Å². The SMILES string of the molecule is NCCCCC(N)C=O. The van der Waals surface area contributed by atoms with Crippen LogP contribution in [-0.4, -0.2) is 18.9 Å². The fourth-order valence-electron chi connectivity index (χ4n) is 0.592. The van der Waals surface area contributed by atoms with Crippen LogP contribution in [0.4, 0.5) is 0 Å². The summed E-state index contributed by atoms with van der Waals surface area (Å²) in [6, 6.07) is -0.281. The smallest absolute Gasteiger partial charge is 0.136 e. The molecule has 1 unspecified atom stereocenters. The third-order valence-electron chi connectivity index (χ3n) is 1.17. The highest BCUT2D eigenvalue weighted by Gasteiger charge is 1.96. The third kappa shape index (κ3) is 5.46. The zero-order valence-corrected chi connectivity index (χ0v) is 5.55. The molecule has 0 aromatic carbocycles. The number of carbonyl (C=O) groups is 1. The average molecular weight is 130 g/mol. The molecule has 0 radical (unpaired) electrons. The predicted molar refractivity (Wildman–Crippen MR) is 36.9 cm³/mol. The van der Waals surface area contributed by atoms with Crippen molar-refractivity contribution in [3.63, 3.8) is 0 Å². The van der Waals surface area contributed by atoms with E-state index in [4.69, 9.17) is 11.5 Å². The third-order valence-corrected chi connectivity index (χ3v) is 1.17. The van der Waals surface area contributed by atoms with Gasteiger partial charge in [0.05, 0.1) is 6.04 Å². The van der Waals surface area contributed by atoms with Gasteiger partial charge in [-0.25, -0.2) is 0 Å². The monoisotopic (exact) mass is 130 g/mol. The van der Waals surface area contributed by atoms with Gasteiger partial charge in [0.2, 0.25) is 0 Å². The zero-order chi connectivity index (χ0) is 7.11. The first-order valence-electron chi connectivity index (χ1n) is 3.22. The molecule has 0 heterocycles. The van der Waals surface area contributed by atoms with Crippen LogP contribution in [0.3, 0.4) is 0 Å². The number of nitrogens with two attached hydrogens (primary N) is 2. The highest BCUT2D eigenvalue weighted by atomic mass is 16.1. The highest BCUT2D eigenvalue weighted by Crippen LogP contribution is 1.94. The Morgan fingerprint density at radius 1 is 1.44 bits per heavy atom. The second kappa shape index (κ2) is 5.72. The van der Waals surface area contributed by atoms with E-state index >= 15 is 0 Å². The average Bonchev–Trinajstić information content (AvgIpc) is 1.89. The van der Waals surface area contributed by atoms with Crippen LogP contribution < -0.4 is 11.5 Å². The van der Waals surface area contributed by atoms with Gasteiger partial charge in [0.15, 0.2) is 0 Å². The van der Waals surface area contributed by atoms with Crippen LogP contribution in [0.2, 0.25) is 0 Å². The van der Waals surface area contributed by atoms with Crippen molar-refractivity contribution < 1.29 is 4.79 Å². The molecule has 0 spiro atoms. The van der Waals surface area contributed by atoms with Gasteiger partial charge in [-0.05, 0) is 19.4 Å². The molecule has 0 aromatic rings. The summed E-state index contributed by atoms with van der Waals surface area (Å²) in [5.74, 6) is 0. The molecule has 0 aliphatic rings. The molecule has 0 aliphatic carbocycles. The lowest BCUT2D eigenvalue weighted by Crippen LogP contribution is -2.21. The van der Waals surface area contributed by atoms with Crippen molar-refractivity contribution in [2.24, 2.45) is 11.5 Å². The number of carbonyl (C=O) groups excluding carboxylic acids is 1. The van der Waals surface area contributed by atoms with Crippen molar-refractivity contribution in [2.45, 2.75) is 25.3 Å². The largest absolute Gasteiger partial charge is 0.330 e. The lowest BCUT2D eigenvalue weighted by Gasteiger charge is -2.00. The molecule has 3 nitrogen and oxygen atoms in total. The molecule has 0 aliphatic heterocycles. The Morgan fingerprint density at radius 3 is 2.56 bits per heavy atom. The zero-order valence-electron chi connectivity index (χ0n) is 5.55. The van der Waals surface area contributed by atoms with Crippen LogP contribution in [0, 0.1) is 0 Å². The van der Waals surface area contributed by atoms with Crippen molar-refractivity contribution in [1.29, 1.82) is 0 Å². The molecule has 1 atom stereocenters. The normalized spacial score (nSPS) is 13.1. The fourth-order valence-corrected chi connectivity index (χ4v) is 0.592. The molecular weight excluding hydrogens is 116 g/mol. The van der Waals surface area contributed by atoms with Crippen LogP contribution in [0.25, 0.3) is 0 Å². The van der Waals surface area contributed by atoms with Crippen LogP contribution >= 0.6 is 0 Å². The van der Waals surface area contributed by atoms with E-state index in [-0.39, 0.29) is 6.04 Å². The first kappa shape index (κ1) is 8.59. The molecule has 54 valence electrons. The van der Waals surface area contributed by atoms with E-state index in [9.17, 15) is 4.79 Å². The second-order valence-corrected chi connectivity index (χ2v) is 2.08. The summed E-state index contributed by atoms with van der Waals surface area (Å²) in [7, 11) is 0. The molecule has 0 fully saturated rings. The Kier molecular flexibility index (Phi) is 5.46. The number of aldehydes is 1. The van der Waals surface area contributed by atoms with Gasteiger partial charge in [-0.15, -0.1) is 0 Å². The summed E-state index contributed by atoms with van der Waals surface area (Å²) in [5, 5.41) is 0. The van der Waals surface area contributed by atoms with Crippen LogP contribution in [-0.2, 0) is 4.79 Å². The van der Waals surface area contributed by atoms with Crippen molar-refractivity contribution in [2.75, 3.05) is 6.54 Å². The fraction of sp³-hybridized carbons (Fsp3) is 0.833. The maximum absolute atomic E-state index is 9.94. The predicted octanol–water partition coefficient (Wildman–Crippen LogP) is -0.358. The van der Waals surface area contributed by atoms with E-state index in [2.05, 4.69) is 0 Å². The van der Waals surface area contributed by atoms with E-state index < -0.39 is 0 Å². The quantitative estimate of drug-likeness (QED) is 0.394. The Morgan fingerprint density at radius 2 is 2.11 bits per heavy atom. The van der Waals surface area contributed by atoms with Crippen molar-refractivity contribution in [1.82, 2.24) is 0 Å². The number of hydrogen-bond acceptors (Lipinski definition) is 3. The Balaban J connectivity index is 2.96. The summed E-state index contributed by atoms with van der Waals surface area (Å²) < 4.78 is 0. The van der Waals surface area contributed by atoms with E-state index in [0.29, 0.717) is 6.54 Å². The van der Waals surface area contributed by atoms with Gasteiger partial charge in [-0.3, -0.25) is 0 Å². The van der Waals surface area contributed by atoms with Crippen LogP contribution in [0.5, 0.6) is 0 Å². The molecule has 0 amide bonds. The second-order valence-electron chi connectivity index (χ2n) is 2.08. The van der Waals surface area contributed by atoms with E-state index in [0.717, 1.165) is 25.5 Å². The van der Waals surface area contributed by atoms with Gasteiger partial charge in [0.1, 0.15) is 6.29 Å².